The van der Waals surface area contributed by atoms with Crippen molar-refractivity contribution in [3.8, 4) is 0 Å². The molecule has 21 heavy (non-hydrogen) atoms. The molecule has 0 aliphatic heterocycles. The average Bonchev–Trinajstić information content (AvgIpc) is 2.77. The fraction of sp³-hybridized carbons (Fsp3) is 0.353. The molecule has 0 bridgehead atoms. The number of carbonyl (C=O) groups is 1. The van der Waals surface area contributed by atoms with Crippen LogP contribution in [0.2, 0.25) is 0 Å². The van der Waals surface area contributed by atoms with E-state index >= 15 is 0 Å². The highest BCUT2D eigenvalue weighted by molar-refractivity contribution is 7.12. The smallest absolute Gasteiger partial charge is 0.310 e. The second-order valence-electron chi connectivity index (χ2n) is 5.36. The van der Waals surface area contributed by atoms with Gasteiger partial charge in [-0.25, -0.2) is 0 Å². The van der Waals surface area contributed by atoms with Crippen LogP contribution in [0.5, 0.6) is 0 Å². The minimum absolute atomic E-state index is 0.455. The molecule has 1 aromatic heterocycles. The third-order valence-corrected chi connectivity index (χ3v) is 4.85. The zero-order valence-corrected chi connectivity index (χ0v) is 13.5. The maximum absolute atomic E-state index is 10.9. The second kappa shape index (κ2) is 6.87. The van der Waals surface area contributed by atoms with E-state index in [1.54, 1.807) is 6.92 Å². The van der Waals surface area contributed by atoms with Crippen LogP contribution in [0.25, 0.3) is 0 Å². The van der Waals surface area contributed by atoms with Crippen molar-refractivity contribution in [3.63, 3.8) is 0 Å². The lowest BCUT2D eigenvalue weighted by atomic mass is 10.0. The molecule has 0 radical (unpaired) electrons. The third-order valence-electron chi connectivity index (χ3n) is 3.70. The molecule has 0 spiro atoms. The Labute approximate surface area is 129 Å². The van der Waals surface area contributed by atoms with Gasteiger partial charge in [0.25, 0.3) is 0 Å². The molecule has 1 atom stereocenters. The van der Waals surface area contributed by atoms with Crippen LogP contribution in [-0.2, 0) is 17.9 Å². The van der Waals surface area contributed by atoms with Gasteiger partial charge >= 0.3 is 5.97 Å². The van der Waals surface area contributed by atoms with E-state index in [1.807, 2.05) is 35.6 Å². The first-order valence-corrected chi connectivity index (χ1v) is 7.87. The predicted molar refractivity (Wildman–Crippen MR) is 86.8 cm³/mol. The molecule has 2 aromatic rings. The predicted octanol–water partition coefficient (Wildman–Crippen LogP) is 3.84. The Balaban J connectivity index is 1.87. The van der Waals surface area contributed by atoms with Crippen LogP contribution >= 0.6 is 11.3 Å². The van der Waals surface area contributed by atoms with E-state index in [0.29, 0.717) is 0 Å². The number of aryl methyl sites for hydroxylation is 2. The van der Waals surface area contributed by atoms with E-state index in [9.17, 15) is 4.79 Å². The molecule has 2 rings (SSSR count). The number of nitrogens with one attached hydrogen (secondary N) is 1. The number of hydrogen-bond acceptors (Lipinski definition) is 3. The number of thiophene rings is 1. The summed E-state index contributed by atoms with van der Waals surface area (Å²) in [5.41, 5.74) is 3.36. The Morgan fingerprint density at radius 3 is 2.43 bits per heavy atom. The molecule has 0 aliphatic rings. The fourth-order valence-electron chi connectivity index (χ4n) is 2.13. The van der Waals surface area contributed by atoms with Crippen molar-refractivity contribution < 1.29 is 9.90 Å². The molecular weight excluding hydrogens is 282 g/mol. The largest absolute Gasteiger partial charge is 0.481 e. The second-order valence-corrected chi connectivity index (χ2v) is 6.70. The number of carboxylic acid groups (broad SMARTS) is 1. The summed E-state index contributed by atoms with van der Waals surface area (Å²) in [7, 11) is 0. The molecule has 0 saturated carbocycles. The highest BCUT2D eigenvalue weighted by Gasteiger charge is 2.12. The summed E-state index contributed by atoms with van der Waals surface area (Å²) < 4.78 is 0. The number of benzene rings is 1. The van der Waals surface area contributed by atoms with Crippen LogP contribution in [0.3, 0.4) is 0 Å². The standard InChI is InChI=1S/C17H21NO2S/c1-11-8-16(21-13(11)3)10-18-9-14-4-6-15(7-5-14)12(2)17(19)20/h4-8,12,18H,9-10H2,1-3H3,(H,19,20). The van der Waals surface area contributed by atoms with Crippen LogP contribution in [-0.4, -0.2) is 11.1 Å². The summed E-state index contributed by atoms with van der Waals surface area (Å²) in [4.78, 5) is 13.7. The minimum Gasteiger partial charge on any atom is -0.481 e. The monoisotopic (exact) mass is 303 g/mol. The van der Waals surface area contributed by atoms with E-state index in [2.05, 4.69) is 25.2 Å². The first-order chi connectivity index (χ1) is 9.97. The van der Waals surface area contributed by atoms with Crippen LogP contribution in [0.1, 0.15) is 39.3 Å². The van der Waals surface area contributed by atoms with Crippen LogP contribution in [0.15, 0.2) is 30.3 Å². The topological polar surface area (TPSA) is 49.3 Å². The molecule has 1 unspecified atom stereocenters. The van der Waals surface area contributed by atoms with Crippen molar-refractivity contribution in [1.29, 1.82) is 0 Å². The lowest BCUT2D eigenvalue weighted by molar-refractivity contribution is -0.138. The van der Waals surface area contributed by atoms with Crippen molar-refractivity contribution in [3.05, 3.63) is 56.8 Å². The van der Waals surface area contributed by atoms with Gasteiger partial charge in [-0.1, -0.05) is 24.3 Å². The van der Waals surface area contributed by atoms with Crippen molar-refractivity contribution in [2.24, 2.45) is 0 Å². The normalized spacial score (nSPS) is 12.3. The summed E-state index contributed by atoms with van der Waals surface area (Å²) in [5, 5.41) is 12.4. The summed E-state index contributed by atoms with van der Waals surface area (Å²) in [6.45, 7) is 7.64. The summed E-state index contributed by atoms with van der Waals surface area (Å²) in [6.07, 6.45) is 0. The van der Waals surface area contributed by atoms with Crippen molar-refractivity contribution in [1.82, 2.24) is 5.32 Å². The van der Waals surface area contributed by atoms with Crippen LogP contribution < -0.4 is 5.32 Å². The molecule has 1 heterocycles. The van der Waals surface area contributed by atoms with Gasteiger partial charge in [0.2, 0.25) is 0 Å². The molecule has 1 aromatic carbocycles. The van der Waals surface area contributed by atoms with E-state index < -0.39 is 11.9 Å². The number of aliphatic carboxylic acids is 1. The molecule has 3 nitrogen and oxygen atoms in total. The molecule has 0 aliphatic carbocycles. The Morgan fingerprint density at radius 2 is 1.90 bits per heavy atom. The van der Waals surface area contributed by atoms with Gasteiger partial charge in [-0.3, -0.25) is 4.79 Å². The van der Waals surface area contributed by atoms with Gasteiger partial charge in [0, 0.05) is 22.8 Å². The molecule has 0 saturated heterocycles. The van der Waals surface area contributed by atoms with Crippen molar-refractivity contribution in [2.75, 3.05) is 0 Å². The maximum Gasteiger partial charge on any atom is 0.310 e. The van der Waals surface area contributed by atoms with E-state index in [1.165, 1.54) is 20.9 Å². The lowest BCUT2D eigenvalue weighted by Gasteiger charge is -2.08. The van der Waals surface area contributed by atoms with Crippen LogP contribution in [0.4, 0.5) is 0 Å². The maximum atomic E-state index is 10.9. The van der Waals surface area contributed by atoms with Gasteiger partial charge in [0.1, 0.15) is 0 Å². The Morgan fingerprint density at radius 1 is 1.24 bits per heavy atom. The SMILES string of the molecule is Cc1cc(CNCc2ccc(C(C)C(=O)O)cc2)sc1C. The van der Waals surface area contributed by atoms with Crippen LogP contribution in [0, 0.1) is 13.8 Å². The minimum atomic E-state index is -0.788. The Hall–Kier alpha value is -1.65. The molecule has 2 N–H and O–H groups in total. The van der Waals surface area contributed by atoms with E-state index in [4.69, 9.17) is 5.11 Å². The fourth-order valence-corrected chi connectivity index (χ4v) is 3.16. The van der Waals surface area contributed by atoms with Crippen molar-refractivity contribution >= 4 is 17.3 Å². The number of carboxylic acids is 1. The van der Waals surface area contributed by atoms with Gasteiger partial charge in [-0.2, -0.15) is 0 Å². The van der Waals surface area contributed by atoms with Gasteiger partial charge in [0.05, 0.1) is 5.92 Å². The Kier molecular flexibility index (Phi) is 5.15. The molecular formula is C17H21NO2S. The molecule has 0 fully saturated rings. The van der Waals surface area contributed by atoms with Crippen molar-refractivity contribution in [2.45, 2.75) is 39.8 Å². The Bertz CT molecular complexity index is 597. The van der Waals surface area contributed by atoms with Gasteiger partial charge < -0.3 is 10.4 Å². The van der Waals surface area contributed by atoms with E-state index in [0.717, 1.165) is 18.7 Å². The first kappa shape index (κ1) is 15.7. The van der Waals surface area contributed by atoms with E-state index in [-0.39, 0.29) is 0 Å². The first-order valence-electron chi connectivity index (χ1n) is 7.05. The third kappa shape index (κ3) is 4.16. The molecule has 0 amide bonds. The quantitative estimate of drug-likeness (QED) is 0.852. The number of hydrogen-bond donors (Lipinski definition) is 2. The van der Waals surface area contributed by atoms with Gasteiger partial charge in [0.15, 0.2) is 0 Å². The summed E-state index contributed by atoms with van der Waals surface area (Å²) >= 11 is 1.83. The number of rotatable bonds is 6. The summed E-state index contributed by atoms with van der Waals surface area (Å²) in [5.74, 6) is -1.24. The summed E-state index contributed by atoms with van der Waals surface area (Å²) in [6, 6.07) is 10.0. The zero-order chi connectivity index (χ0) is 15.4. The highest BCUT2D eigenvalue weighted by Crippen LogP contribution is 2.20. The molecule has 112 valence electrons. The molecule has 4 heteroatoms. The average molecular weight is 303 g/mol. The lowest BCUT2D eigenvalue weighted by Crippen LogP contribution is -2.12. The highest BCUT2D eigenvalue weighted by atomic mass is 32.1. The van der Waals surface area contributed by atoms with Gasteiger partial charge in [-0.15, -0.1) is 11.3 Å². The van der Waals surface area contributed by atoms with Gasteiger partial charge in [-0.05, 0) is 43.5 Å². The zero-order valence-electron chi connectivity index (χ0n) is 12.6.